The highest BCUT2D eigenvalue weighted by Crippen LogP contribution is 2.33. The van der Waals surface area contributed by atoms with Gasteiger partial charge in [-0.3, -0.25) is 4.79 Å². The van der Waals surface area contributed by atoms with E-state index in [1.54, 1.807) is 23.1 Å². The van der Waals surface area contributed by atoms with Gasteiger partial charge in [-0.1, -0.05) is 12.1 Å². The molecular weight excluding hydrogens is 446 g/mol. The van der Waals surface area contributed by atoms with E-state index in [0.29, 0.717) is 31.7 Å². The number of anilines is 1. The highest BCUT2D eigenvalue weighted by molar-refractivity contribution is 5.75. The summed E-state index contributed by atoms with van der Waals surface area (Å²) in [6.45, 7) is 2.38. The number of carbonyl (C=O) groups is 2. The summed E-state index contributed by atoms with van der Waals surface area (Å²) < 4.78 is 4.87. The fraction of sp³-hybridized carbons (Fsp3) is 0.462. The van der Waals surface area contributed by atoms with Crippen molar-refractivity contribution in [1.82, 2.24) is 15.2 Å². The summed E-state index contributed by atoms with van der Waals surface area (Å²) in [7, 11) is 1.37. The topological polar surface area (TPSA) is 113 Å². The number of fused-ring (bicyclic) bond motifs is 2. The maximum Gasteiger partial charge on any atom is 0.317 e. The van der Waals surface area contributed by atoms with E-state index in [-0.39, 0.29) is 24.3 Å². The number of rotatable bonds is 7. The third kappa shape index (κ3) is 6.25. The van der Waals surface area contributed by atoms with E-state index in [4.69, 9.17) is 9.72 Å². The molecule has 2 aliphatic rings. The number of ether oxygens (including phenoxy) is 1. The van der Waals surface area contributed by atoms with Gasteiger partial charge in [-0.05, 0) is 72.9 Å². The smallest absolute Gasteiger partial charge is 0.317 e. The van der Waals surface area contributed by atoms with E-state index in [0.717, 1.165) is 54.9 Å². The zero-order chi connectivity index (χ0) is 24.6. The molecule has 1 atom stereocenters. The van der Waals surface area contributed by atoms with Crippen molar-refractivity contribution in [1.29, 1.82) is 0 Å². The van der Waals surface area contributed by atoms with Crippen LogP contribution in [0.15, 0.2) is 35.3 Å². The number of isocyanates is 1. The normalized spacial score (nSPS) is 16.6. The van der Waals surface area contributed by atoms with Crippen molar-refractivity contribution in [2.45, 2.75) is 51.0 Å². The van der Waals surface area contributed by atoms with Crippen LogP contribution in [0.3, 0.4) is 0 Å². The van der Waals surface area contributed by atoms with Crippen molar-refractivity contribution in [3.8, 4) is 0 Å². The van der Waals surface area contributed by atoms with Gasteiger partial charge in [0.05, 0.1) is 19.2 Å². The molecule has 2 amide bonds. The van der Waals surface area contributed by atoms with Crippen molar-refractivity contribution in [2.24, 2.45) is 4.99 Å². The van der Waals surface area contributed by atoms with E-state index in [9.17, 15) is 14.4 Å². The van der Waals surface area contributed by atoms with Gasteiger partial charge in [-0.2, -0.15) is 4.99 Å². The Morgan fingerprint density at radius 1 is 1.29 bits per heavy atom. The number of carbonyl (C=O) groups excluding carboxylic acids is 3. The molecule has 1 aromatic carbocycles. The summed E-state index contributed by atoms with van der Waals surface area (Å²) in [6, 6.07) is 9.45. The lowest BCUT2D eigenvalue weighted by Gasteiger charge is -2.22. The molecule has 184 valence electrons. The fourth-order valence-electron chi connectivity index (χ4n) is 4.76. The first-order chi connectivity index (χ1) is 17.1. The first-order valence-corrected chi connectivity index (χ1v) is 12.1. The van der Waals surface area contributed by atoms with Gasteiger partial charge in [0.25, 0.3) is 0 Å². The molecule has 0 bridgehead atoms. The lowest BCUT2D eigenvalue weighted by Crippen LogP contribution is -2.40. The largest absolute Gasteiger partial charge is 0.469 e. The second-order valence-electron chi connectivity index (χ2n) is 8.95. The first kappa shape index (κ1) is 24.4. The lowest BCUT2D eigenvalue weighted by molar-refractivity contribution is -0.141. The number of hydrogen-bond donors (Lipinski definition) is 2. The Morgan fingerprint density at radius 3 is 3.00 bits per heavy atom. The second kappa shape index (κ2) is 11.6. The van der Waals surface area contributed by atoms with Crippen molar-refractivity contribution < 1.29 is 19.1 Å². The molecule has 1 aromatic heterocycles. The van der Waals surface area contributed by atoms with Crippen LogP contribution in [0.2, 0.25) is 0 Å². The monoisotopic (exact) mass is 477 g/mol. The third-order valence-electron chi connectivity index (χ3n) is 6.62. The van der Waals surface area contributed by atoms with E-state index in [2.05, 4.69) is 27.8 Å². The molecule has 2 aliphatic heterocycles. The summed E-state index contributed by atoms with van der Waals surface area (Å²) >= 11 is 0. The number of benzene rings is 1. The molecule has 0 aliphatic carbocycles. The van der Waals surface area contributed by atoms with Crippen molar-refractivity contribution in [2.75, 3.05) is 32.1 Å². The van der Waals surface area contributed by atoms with Crippen LogP contribution < -0.4 is 10.6 Å². The zero-order valence-corrected chi connectivity index (χ0v) is 20.0. The first-order valence-electron chi connectivity index (χ1n) is 12.1. The van der Waals surface area contributed by atoms with Crippen LogP contribution in [0, 0.1) is 0 Å². The molecule has 4 rings (SSSR count). The quantitative estimate of drug-likeness (QED) is 0.273. The Morgan fingerprint density at radius 2 is 2.17 bits per heavy atom. The highest BCUT2D eigenvalue weighted by atomic mass is 16.5. The average molecular weight is 478 g/mol. The Kier molecular flexibility index (Phi) is 8.11. The van der Waals surface area contributed by atoms with E-state index < -0.39 is 0 Å². The number of urea groups is 1. The molecular formula is C26H31N5O4. The summed E-state index contributed by atoms with van der Waals surface area (Å²) in [5, 5.41) is 6.37. The fourth-order valence-corrected chi connectivity index (χ4v) is 4.76. The number of methoxy groups -OCH3 is 1. The van der Waals surface area contributed by atoms with E-state index >= 15 is 0 Å². The van der Waals surface area contributed by atoms with Gasteiger partial charge in [0.1, 0.15) is 5.82 Å². The van der Waals surface area contributed by atoms with Gasteiger partial charge < -0.3 is 20.3 Å². The van der Waals surface area contributed by atoms with Crippen LogP contribution in [0.1, 0.15) is 54.0 Å². The Labute approximate surface area is 205 Å². The molecule has 2 N–H and O–H groups in total. The van der Waals surface area contributed by atoms with E-state index in [1.165, 1.54) is 12.7 Å². The number of esters is 1. The maximum atomic E-state index is 13.0. The molecule has 0 radical (unpaired) electrons. The Balaban J connectivity index is 1.36. The summed E-state index contributed by atoms with van der Waals surface area (Å²) in [5.74, 6) is 0.619. The number of amides is 2. The molecule has 9 nitrogen and oxygen atoms in total. The summed E-state index contributed by atoms with van der Waals surface area (Å²) in [6.07, 6.45) is 6.19. The van der Waals surface area contributed by atoms with Crippen molar-refractivity contribution >= 4 is 29.6 Å². The number of nitrogens with zero attached hydrogens (tertiary/aromatic N) is 3. The molecule has 0 fully saturated rings. The lowest BCUT2D eigenvalue weighted by atomic mass is 9.90. The standard InChI is InChI=1S/C26H31N5O4/c1-35-24(33)15-19-10-13-31(16-20-14-22(29-17-32)8-9-23(19)20)26(34)28-12-3-5-21-7-6-18-4-2-11-27-25(18)30-21/h6-9,14,19H,2-5,10-13,15-16H2,1H3,(H,27,30)(H,28,34). The van der Waals surface area contributed by atoms with Crippen LogP contribution in [-0.4, -0.2) is 54.7 Å². The number of aryl methyl sites for hydroxylation is 2. The van der Waals surface area contributed by atoms with Gasteiger partial charge >= 0.3 is 12.0 Å². The molecule has 9 heteroatoms. The number of pyridine rings is 1. The zero-order valence-electron chi connectivity index (χ0n) is 20.0. The molecule has 35 heavy (non-hydrogen) atoms. The Hall–Kier alpha value is -3.71. The number of nitrogens with one attached hydrogen (secondary N) is 2. The average Bonchev–Trinajstić information content (AvgIpc) is 3.05. The SMILES string of the molecule is COC(=O)CC1CCN(C(=O)NCCCc2ccc3c(n2)NCCC3)Cc2cc(N=C=O)ccc21. The summed E-state index contributed by atoms with van der Waals surface area (Å²) in [4.78, 5) is 45.8. The van der Waals surface area contributed by atoms with Crippen LogP contribution in [0.5, 0.6) is 0 Å². The number of hydrogen-bond acceptors (Lipinski definition) is 7. The molecule has 2 aromatic rings. The minimum Gasteiger partial charge on any atom is -0.469 e. The number of aromatic nitrogens is 1. The Bertz CT molecular complexity index is 1130. The van der Waals surface area contributed by atoms with Gasteiger partial charge in [-0.25, -0.2) is 14.6 Å². The predicted octanol–water partition coefficient (Wildman–Crippen LogP) is 3.60. The summed E-state index contributed by atoms with van der Waals surface area (Å²) in [5.41, 5.74) is 4.61. The molecule has 3 heterocycles. The number of aliphatic imine (C=N–C) groups is 1. The van der Waals surface area contributed by atoms with Crippen molar-refractivity contribution in [3.05, 3.63) is 52.7 Å². The van der Waals surface area contributed by atoms with Gasteiger partial charge in [0.2, 0.25) is 6.08 Å². The predicted molar refractivity (Wildman–Crippen MR) is 131 cm³/mol. The van der Waals surface area contributed by atoms with Crippen LogP contribution in [0.4, 0.5) is 16.3 Å². The van der Waals surface area contributed by atoms with Crippen LogP contribution in [-0.2, 0) is 33.7 Å². The third-order valence-corrected chi connectivity index (χ3v) is 6.62. The van der Waals surface area contributed by atoms with Crippen LogP contribution in [0.25, 0.3) is 0 Å². The minimum atomic E-state index is -0.292. The molecule has 0 saturated heterocycles. The molecule has 0 spiro atoms. The molecule has 0 saturated carbocycles. The maximum absolute atomic E-state index is 13.0. The van der Waals surface area contributed by atoms with Gasteiger partial charge in [0.15, 0.2) is 0 Å². The van der Waals surface area contributed by atoms with E-state index in [1.807, 2.05) is 6.07 Å². The minimum absolute atomic E-state index is 0.0757. The van der Waals surface area contributed by atoms with Gasteiger partial charge in [-0.15, -0.1) is 0 Å². The van der Waals surface area contributed by atoms with Gasteiger partial charge in [0, 0.05) is 31.9 Å². The van der Waals surface area contributed by atoms with Crippen molar-refractivity contribution in [3.63, 3.8) is 0 Å². The highest BCUT2D eigenvalue weighted by Gasteiger charge is 2.27. The second-order valence-corrected chi connectivity index (χ2v) is 8.95. The molecule has 1 unspecified atom stereocenters. The van der Waals surface area contributed by atoms with Crippen LogP contribution >= 0.6 is 0 Å².